The molecule has 3 rings (SSSR count). The lowest BCUT2D eigenvalue weighted by Gasteiger charge is -2.32. The van der Waals surface area contributed by atoms with Gasteiger partial charge >= 0.3 is 6.18 Å². The molecule has 100 valence electrons. The molecule has 7 heteroatoms. The molecule has 1 aromatic rings. The van der Waals surface area contributed by atoms with Crippen molar-refractivity contribution in [1.29, 1.82) is 0 Å². The molecule has 0 bridgehead atoms. The van der Waals surface area contributed by atoms with Crippen LogP contribution in [0, 0.1) is 5.92 Å². The summed E-state index contributed by atoms with van der Waals surface area (Å²) in [6.45, 7) is 0.868. The number of rotatable bonds is 2. The van der Waals surface area contributed by atoms with Gasteiger partial charge in [-0.05, 0) is 25.7 Å². The summed E-state index contributed by atoms with van der Waals surface area (Å²) in [5, 5.41) is 0.789. The van der Waals surface area contributed by atoms with E-state index in [1.54, 1.807) is 0 Å². The van der Waals surface area contributed by atoms with Crippen LogP contribution in [-0.4, -0.2) is 28.6 Å². The van der Waals surface area contributed by atoms with Gasteiger partial charge in [-0.15, -0.1) is 0 Å². The van der Waals surface area contributed by atoms with E-state index in [1.807, 2.05) is 4.90 Å². The zero-order chi connectivity index (χ0) is 12.8. The molecule has 1 aliphatic carbocycles. The molecule has 1 aliphatic heterocycles. The van der Waals surface area contributed by atoms with Crippen molar-refractivity contribution in [2.45, 2.75) is 37.8 Å². The van der Waals surface area contributed by atoms with Crippen molar-refractivity contribution in [1.82, 2.24) is 9.36 Å². The molecule has 1 saturated carbocycles. The van der Waals surface area contributed by atoms with E-state index in [0.717, 1.165) is 23.8 Å². The molecule has 0 unspecified atom stereocenters. The quantitative estimate of drug-likeness (QED) is 0.831. The Balaban J connectivity index is 1.61. The molecule has 0 aromatic carbocycles. The standard InChI is InChI=1S/C11H14F3N3S/c12-11(13,14)8-3-5-17(6-4-8)10-15-9(16-18-10)7-1-2-7/h7-8H,1-6H2. The summed E-state index contributed by atoms with van der Waals surface area (Å²) in [5.41, 5.74) is 0. The second kappa shape index (κ2) is 4.36. The van der Waals surface area contributed by atoms with Crippen molar-refractivity contribution >= 4 is 16.7 Å². The smallest absolute Gasteiger partial charge is 0.347 e. The summed E-state index contributed by atoms with van der Waals surface area (Å²) in [6, 6.07) is 0. The van der Waals surface area contributed by atoms with Crippen LogP contribution < -0.4 is 4.90 Å². The minimum atomic E-state index is -4.05. The molecule has 1 aromatic heterocycles. The van der Waals surface area contributed by atoms with Crippen LogP contribution in [0.1, 0.15) is 37.4 Å². The zero-order valence-corrected chi connectivity index (χ0v) is 10.6. The highest BCUT2D eigenvalue weighted by molar-refractivity contribution is 7.09. The summed E-state index contributed by atoms with van der Waals surface area (Å²) in [7, 11) is 0. The maximum atomic E-state index is 12.5. The van der Waals surface area contributed by atoms with Gasteiger partial charge in [0.2, 0.25) is 5.13 Å². The van der Waals surface area contributed by atoms with Gasteiger partial charge < -0.3 is 4.90 Å². The summed E-state index contributed by atoms with van der Waals surface area (Å²) >= 11 is 1.32. The predicted molar refractivity (Wildman–Crippen MR) is 62.9 cm³/mol. The van der Waals surface area contributed by atoms with Crippen LogP contribution >= 0.6 is 11.5 Å². The number of hydrogen-bond donors (Lipinski definition) is 0. The van der Waals surface area contributed by atoms with Crippen LogP contribution in [0.3, 0.4) is 0 Å². The first-order chi connectivity index (χ1) is 8.54. The Labute approximate surface area is 107 Å². The largest absolute Gasteiger partial charge is 0.391 e. The first kappa shape index (κ1) is 12.2. The number of halogens is 3. The molecule has 2 heterocycles. The van der Waals surface area contributed by atoms with E-state index in [-0.39, 0.29) is 12.8 Å². The Morgan fingerprint density at radius 3 is 2.33 bits per heavy atom. The number of aromatic nitrogens is 2. The number of anilines is 1. The van der Waals surface area contributed by atoms with Crippen molar-refractivity contribution in [3.05, 3.63) is 5.82 Å². The van der Waals surface area contributed by atoms with Crippen molar-refractivity contribution in [2.24, 2.45) is 5.92 Å². The first-order valence-corrected chi connectivity index (χ1v) is 6.96. The van der Waals surface area contributed by atoms with Crippen LogP contribution in [-0.2, 0) is 0 Å². The second-order valence-electron chi connectivity index (χ2n) is 5.01. The highest BCUT2D eigenvalue weighted by Gasteiger charge is 2.41. The first-order valence-electron chi connectivity index (χ1n) is 6.19. The molecule has 0 spiro atoms. The molecular weight excluding hydrogens is 263 g/mol. The molecule has 1 saturated heterocycles. The lowest BCUT2D eigenvalue weighted by atomic mass is 9.97. The molecule has 3 nitrogen and oxygen atoms in total. The van der Waals surface area contributed by atoms with E-state index >= 15 is 0 Å². The van der Waals surface area contributed by atoms with Gasteiger partial charge in [0.25, 0.3) is 0 Å². The SMILES string of the molecule is FC(F)(F)C1CCN(c2nc(C3CC3)ns2)CC1. The van der Waals surface area contributed by atoms with E-state index in [2.05, 4.69) is 9.36 Å². The fourth-order valence-corrected chi connectivity index (χ4v) is 3.06. The fraction of sp³-hybridized carbons (Fsp3) is 0.818. The predicted octanol–water partition coefficient (Wildman–Crippen LogP) is 3.19. The Morgan fingerprint density at radius 2 is 1.78 bits per heavy atom. The van der Waals surface area contributed by atoms with Gasteiger partial charge in [-0.2, -0.15) is 17.5 Å². The topological polar surface area (TPSA) is 29.0 Å². The van der Waals surface area contributed by atoms with Crippen LogP contribution in [0.15, 0.2) is 0 Å². The van der Waals surface area contributed by atoms with Gasteiger partial charge in [-0.25, -0.2) is 4.98 Å². The Kier molecular flexibility index (Phi) is 2.96. The summed E-state index contributed by atoms with van der Waals surface area (Å²) < 4.78 is 41.9. The average molecular weight is 277 g/mol. The van der Waals surface area contributed by atoms with E-state index in [9.17, 15) is 13.2 Å². The minimum absolute atomic E-state index is 0.168. The molecular formula is C11H14F3N3S. The maximum absolute atomic E-state index is 12.5. The maximum Gasteiger partial charge on any atom is 0.391 e. The highest BCUT2D eigenvalue weighted by Crippen LogP contribution is 2.40. The monoisotopic (exact) mass is 277 g/mol. The van der Waals surface area contributed by atoms with Crippen LogP contribution in [0.4, 0.5) is 18.3 Å². The molecule has 2 fully saturated rings. The summed E-state index contributed by atoms with van der Waals surface area (Å²) in [6.07, 6.45) is -1.42. The molecule has 18 heavy (non-hydrogen) atoms. The van der Waals surface area contributed by atoms with Crippen LogP contribution in [0.5, 0.6) is 0 Å². The van der Waals surface area contributed by atoms with E-state index in [0.29, 0.717) is 19.0 Å². The Bertz CT molecular complexity index is 419. The normalized spacial score (nSPS) is 22.5. The Hall–Kier alpha value is -0.850. The van der Waals surface area contributed by atoms with Gasteiger partial charge in [0, 0.05) is 30.5 Å². The van der Waals surface area contributed by atoms with E-state index in [1.165, 1.54) is 11.5 Å². The van der Waals surface area contributed by atoms with Crippen molar-refractivity contribution < 1.29 is 13.2 Å². The highest BCUT2D eigenvalue weighted by atomic mass is 32.1. The summed E-state index contributed by atoms with van der Waals surface area (Å²) in [5.74, 6) is 0.236. The lowest BCUT2D eigenvalue weighted by Crippen LogP contribution is -2.38. The van der Waals surface area contributed by atoms with E-state index in [4.69, 9.17) is 0 Å². The average Bonchev–Trinajstić information content (AvgIpc) is 3.06. The second-order valence-corrected chi connectivity index (χ2v) is 5.74. The van der Waals surface area contributed by atoms with Crippen molar-refractivity contribution in [2.75, 3.05) is 18.0 Å². The number of nitrogens with zero attached hydrogens (tertiary/aromatic N) is 3. The van der Waals surface area contributed by atoms with Gasteiger partial charge in [-0.1, -0.05) is 0 Å². The summed E-state index contributed by atoms with van der Waals surface area (Å²) in [4.78, 5) is 6.37. The van der Waals surface area contributed by atoms with Gasteiger partial charge in [0.1, 0.15) is 5.82 Å². The van der Waals surface area contributed by atoms with Crippen LogP contribution in [0.2, 0.25) is 0 Å². The molecule has 0 N–H and O–H groups in total. The third-order valence-corrected chi connectivity index (χ3v) is 4.39. The van der Waals surface area contributed by atoms with Crippen LogP contribution in [0.25, 0.3) is 0 Å². The van der Waals surface area contributed by atoms with E-state index < -0.39 is 12.1 Å². The Morgan fingerprint density at radius 1 is 1.11 bits per heavy atom. The third kappa shape index (κ3) is 2.46. The minimum Gasteiger partial charge on any atom is -0.347 e. The lowest BCUT2D eigenvalue weighted by molar-refractivity contribution is -0.179. The zero-order valence-electron chi connectivity index (χ0n) is 9.78. The van der Waals surface area contributed by atoms with Crippen molar-refractivity contribution in [3.8, 4) is 0 Å². The van der Waals surface area contributed by atoms with Crippen molar-refractivity contribution in [3.63, 3.8) is 0 Å². The van der Waals surface area contributed by atoms with Gasteiger partial charge in [0.15, 0.2) is 0 Å². The molecule has 0 radical (unpaired) electrons. The number of hydrogen-bond acceptors (Lipinski definition) is 4. The number of alkyl halides is 3. The molecule has 0 atom stereocenters. The number of piperidine rings is 1. The van der Waals surface area contributed by atoms with Gasteiger partial charge in [-0.3, -0.25) is 0 Å². The fourth-order valence-electron chi connectivity index (χ4n) is 2.26. The molecule has 0 amide bonds. The third-order valence-electron chi connectivity index (χ3n) is 3.60. The van der Waals surface area contributed by atoms with Gasteiger partial charge in [0.05, 0.1) is 5.92 Å². The molecule has 2 aliphatic rings.